The van der Waals surface area contributed by atoms with Gasteiger partial charge < -0.3 is 10.8 Å². The normalized spacial score (nSPS) is 11.0. The van der Waals surface area contributed by atoms with Crippen molar-refractivity contribution in [2.45, 2.75) is 6.42 Å². The van der Waals surface area contributed by atoms with E-state index >= 15 is 0 Å². The molecule has 3 nitrogen and oxygen atoms in total. The average Bonchev–Trinajstić information content (AvgIpc) is 3.14. The summed E-state index contributed by atoms with van der Waals surface area (Å²) in [6.45, 7) is 0. The largest absolute Gasteiger partial charge is 0.478 e. The van der Waals surface area contributed by atoms with Crippen LogP contribution in [0.5, 0.6) is 0 Å². The van der Waals surface area contributed by atoms with Gasteiger partial charge in [-0.1, -0.05) is 72.8 Å². The number of benzene rings is 4. The first-order valence-corrected chi connectivity index (χ1v) is 9.47. The maximum Gasteiger partial charge on any atom is 0.335 e. The third-order valence-electron chi connectivity index (χ3n) is 5.08. The molecule has 0 aliphatic heterocycles. The van der Waals surface area contributed by atoms with Gasteiger partial charge in [0.1, 0.15) is 0 Å². The molecular formula is C26H21NO2. The van der Waals surface area contributed by atoms with Gasteiger partial charge in [0.05, 0.1) is 5.56 Å². The molecule has 1 aliphatic rings. The molecule has 0 saturated heterocycles. The van der Waals surface area contributed by atoms with Crippen molar-refractivity contribution in [1.29, 1.82) is 0 Å². The first-order chi connectivity index (χ1) is 14.1. The van der Waals surface area contributed by atoms with E-state index in [0.717, 1.165) is 17.5 Å². The first kappa shape index (κ1) is 18.5. The molecule has 0 spiro atoms. The van der Waals surface area contributed by atoms with Crippen molar-refractivity contribution < 1.29 is 9.90 Å². The van der Waals surface area contributed by atoms with Crippen molar-refractivity contribution >= 4 is 11.7 Å². The number of nitrogen functional groups attached to an aromatic ring is 1. The van der Waals surface area contributed by atoms with Crippen LogP contribution in [0.4, 0.5) is 5.69 Å². The van der Waals surface area contributed by atoms with Gasteiger partial charge in [0.25, 0.3) is 0 Å². The zero-order valence-corrected chi connectivity index (χ0v) is 15.9. The summed E-state index contributed by atoms with van der Waals surface area (Å²) < 4.78 is 0. The van der Waals surface area contributed by atoms with Crippen LogP contribution in [-0.2, 0) is 6.42 Å². The number of carboxylic acids is 1. The lowest BCUT2D eigenvalue weighted by atomic mass is 10.0. The summed E-state index contributed by atoms with van der Waals surface area (Å²) in [4.78, 5) is 10.7. The van der Waals surface area contributed by atoms with Gasteiger partial charge in [0.15, 0.2) is 0 Å². The third kappa shape index (κ3) is 4.04. The van der Waals surface area contributed by atoms with Crippen molar-refractivity contribution in [1.82, 2.24) is 0 Å². The summed E-state index contributed by atoms with van der Waals surface area (Å²) in [5, 5.41) is 8.77. The maximum absolute atomic E-state index is 10.7. The van der Waals surface area contributed by atoms with E-state index in [1.807, 2.05) is 24.3 Å². The molecule has 0 aromatic heterocycles. The molecule has 0 radical (unpaired) electrons. The molecule has 142 valence electrons. The summed E-state index contributed by atoms with van der Waals surface area (Å²) in [6.07, 6.45) is 1.10. The Bertz CT molecular complexity index is 1100. The van der Waals surface area contributed by atoms with Crippen LogP contribution >= 0.6 is 0 Å². The number of anilines is 1. The Morgan fingerprint density at radius 3 is 1.59 bits per heavy atom. The van der Waals surface area contributed by atoms with Gasteiger partial charge in [-0.15, -0.1) is 0 Å². The standard InChI is InChI=1S/C13H11NO2.C13H10/c14-12-7-5-10(6-8-12)9-1-3-11(4-2-9)13(15)16;1-3-7-12-10(5-1)9-11-6-2-4-8-13(11)12/h1-8H,14H2,(H,15,16);1-8H,9H2. The molecule has 5 rings (SSSR count). The molecule has 3 heteroatoms. The summed E-state index contributed by atoms with van der Waals surface area (Å²) in [5.41, 5.74) is 14.3. The minimum Gasteiger partial charge on any atom is -0.478 e. The number of carbonyl (C=O) groups is 1. The highest BCUT2D eigenvalue weighted by Crippen LogP contribution is 2.35. The van der Waals surface area contributed by atoms with Gasteiger partial charge in [-0.2, -0.15) is 0 Å². The predicted molar refractivity (Wildman–Crippen MR) is 118 cm³/mol. The van der Waals surface area contributed by atoms with Gasteiger partial charge in [-0.3, -0.25) is 0 Å². The van der Waals surface area contributed by atoms with E-state index in [2.05, 4.69) is 48.5 Å². The molecule has 3 N–H and O–H groups in total. The predicted octanol–water partition coefficient (Wildman–Crippen LogP) is 5.89. The molecule has 29 heavy (non-hydrogen) atoms. The van der Waals surface area contributed by atoms with Crippen molar-refractivity contribution in [2.75, 3.05) is 5.73 Å². The van der Waals surface area contributed by atoms with Gasteiger partial charge in [0, 0.05) is 5.69 Å². The Labute approximate surface area is 170 Å². The van der Waals surface area contributed by atoms with Crippen LogP contribution in [0.3, 0.4) is 0 Å². The second-order valence-corrected chi connectivity index (χ2v) is 7.00. The molecule has 0 saturated carbocycles. The molecule has 1 aliphatic carbocycles. The Morgan fingerprint density at radius 1 is 0.655 bits per heavy atom. The molecule has 4 aromatic carbocycles. The molecule has 0 bridgehead atoms. The number of fused-ring (bicyclic) bond motifs is 3. The number of carboxylic acid groups (broad SMARTS) is 1. The van der Waals surface area contributed by atoms with Gasteiger partial charge in [-0.05, 0) is 64.1 Å². The van der Waals surface area contributed by atoms with Crippen molar-refractivity contribution in [2.24, 2.45) is 0 Å². The van der Waals surface area contributed by atoms with Crippen LogP contribution in [0, 0.1) is 0 Å². The molecule has 0 unspecified atom stereocenters. The van der Waals surface area contributed by atoms with Crippen molar-refractivity contribution in [3.8, 4) is 22.3 Å². The van der Waals surface area contributed by atoms with Crippen LogP contribution in [0.25, 0.3) is 22.3 Å². The summed E-state index contributed by atoms with van der Waals surface area (Å²) in [5.74, 6) is -0.913. The quantitative estimate of drug-likeness (QED) is 0.376. The molecule has 0 fully saturated rings. The highest BCUT2D eigenvalue weighted by Gasteiger charge is 2.15. The third-order valence-corrected chi connectivity index (χ3v) is 5.08. The fraction of sp³-hybridized carbons (Fsp3) is 0.0385. The topological polar surface area (TPSA) is 63.3 Å². The van der Waals surface area contributed by atoms with E-state index in [0.29, 0.717) is 11.3 Å². The fourth-order valence-electron chi connectivity index (χ4n) is 3.56. The minimum absolute atomic E-state index is 0.291. The molecular weight excluding hydrogens is 358 g/mol. The lowest BCUT2D eigenvalue weighted by Crippen LogP contribution is -1.94. The number of hydrogen-bond acceptors (Lipinski definition) is 2. The monoisotopic (exact) mass is 379 g/mol. The van der Waals surface area contributed by atoms with Crippen LogP contribution in [0.2, 0.25) is 0 Å². The second kappa shape index (κ2) is 8.03. The lowest BCUT2D eigenvalue weighted by Gasteiger charge is -2.02. The fourth-order valence-corrected chi connectivity index (χ4v) is 3.56. The smallest absolute Gasteiger partial charge is 0.335 e. The van der Waals surface area contributed by atoms with E-state index in [9.17, 15) is 4.79 Å². The van der Waals surface area contributed by atoms with Crippen LogP contribution in [0.15, 0.2) is 97.1 Å². The van der Waals surface area contributed by atoms with Gasteiger partial charge in [0.2, 0.25) is 0 Å². The Morgan fingerprint density at radius 2 is 1.10 bits per heavy atom. The number of aromatic carboxylic acids is 1. The van der Waals surface area contributed by atoms with E-state index in [-0.39, 0.29) is 0 Å². The number of hydrogen-bond donors (Lipinski definition) is 2. The lowest BCUT2D eigenvalue weighted by molar-refractivity contribution is 0.0697. The maximum atomic E-state index is 10.7. The zero-order valence-electron chi connectivity index (χ0n) is 15.9. The summed E-state index contributed by atoms with van der Waals surface area (Å²) >= 11 is 0. The molecule has 0 atom stereocenters. The van der Waals surface area contributed by atoms with E-state index in [1.54, 1.807) is 24.3 Å². The van der Waals surface area contributed by atoms with E-state index < -0.39 is 5.97 Å². The second-order valence-electron chi connectivity index (χ2n) is 7.00. The van der Waals surface area contributed by atoms with E-state index in [4.69, 9.17) is 10.8 Å². The van der Waals surface area contributed by atoms with Gasteiger partial charge >= 0.3 is 5.97 Å². The minimum atomic E-state index is -0.913. The summed E-state index contributed by atoms with van der Waals surface area (Å²) in [6, 6.07) is 31.5. The molecule has 0 heterocycles. The summed E-state index contributed by atoms with van der Waals surface area (Å²) in [7, 11) is 0. The first-order valence-electron chi connectivity index (χ1n) is 9.47. The highest BCUT2D eigenvalue weighted by molar-refractivity contribution is 5.88. The Kier molecular flexibility index (Phi) is 5.12. The van der Waals surface area contributed by atoms with Crippen molar-refractivity contribution in [3.05, 3.63) is 114 Å². The van der Waals surface area contributed by atoms with Crippen LogP contribution in [0.1, 0.15) is 21.5 Å². The Hall–Kier alpha value is -3.85. The van der Waals surface area contributed by atoms with Gasteiger partial charge in [-0.25, -0.2) is 4.79 Å². The number of nitrogens with two attached hydrogens (primary N) is 1. The molecule has 4 aromatic rings. The SMILES string of the molecule is Nc1ccc(-c2ccc(C(=O)O)cc2)cc1.c1ccc2c(c1)Cc1ccccc1-2. The van der Waals surface area contributed by atoms with Crippen LogP contribution in [-0.4, -0.2) is 11.1 Å². The van der Waals surface area contributed by atoms with E-state index in [1.165, 1.54) is 22.3 Å². The van der Waals surface area contributed by atoms with Crippen LogP contribution < -0.4 is 5.73 Å². The Balaban J connectivity index is 0.000000144. The highest BCUT2D eigenvalue weighted by atomic mass is 16.4. The van der Waals surface area contributed by atoms with Crippen molar-refractivity contribution in [3.63, 3.8) is 0 Å². The average molecular weight is 379 g/mol. The number of rotatable bonds is 2. The zero-order chi connectivity index (χ0) is 20.2. The molecule has 0 amide bonds.